The molecule has 0 radical (unpaired) electrons. The quantitative estimate of drug-likeness (QED) is 0.591. The lowest BCUT2D eigenvalue weighted by atomic mass is 10.3. The normalized spacial score (nSPS) is 9.40. The smallest absolute Gasteiger partial charge is 0.125 e. The van der Waals surface area contributed by atoms with Crippen LogP contribution in [0.15, 0.2) is 18.5 Å². The van der Waals surface area contributed by atoms with Gasteiger partial charge in [0.1, 0.15) is 5.75 Å². The Hall–Kier alpha value is -0.320. The van der Waals surface area contributed by atoms with Gasteiger partial charge in [-0.05, 0) is 6.07 Å². The highest BCUT2D eigenvalue weighted by Gasteiger charge is 1.97. The maximum atomic E-state index is 5.09. The van der Waals surface area contributed by atoms with E-state index in [1.54, 1.807) is 13.3 Å². The number of hydrogen-bond donors (Lipinski definition) is 0. The Morgan fingerprint density at radius 3 is 3.00 bits per heavy atom. The molecule has 0 spiro atoms. The van der Waals surface area contributed by atoms with E-state index in [-0.39, 0.29) is 0 Å². The molecule has 0 N–H and O–H groups in total. The Labute approximate surface area is 73.8 Å². The second kappa shape index (κ2) is 3.75. The third kappa shape index (κ3) is 1.59. The average molecular weight is 249 g/mol. The molecule has 0 aliphatic heterocycles. The standard InChI is InChI=1S/C7H8INO/c1-10-7-2-3-9-5-6(7)4-8/h2-3,5H,4H2,1H3. The molecule has 54 valence electrons. The molecule has 0 aliphatic rings. The van der Waals surface area contributed by atoms with Gasteiger partial charge in [0.05, 0.1) is 7.11 Å². The van der Waals surface area contributed by atoms with Gasteiger partial charge in [-0.3, -0.25) is 4.98 Å². The van der Waals surface area contributed by atoms with Gasteiger partial charge >= 0.3 is 0 Å². The lowest BCUT2D eigenvalue weighted by molar-refractivity contribution is 0.411. The van der Waals surface area contributed by atoms with E-state index in [0.717, 1.165) is 15.7 Å². The molecule has 0 bridgehead atoms. The summed E-state index contributed by atoms with van der Waals surface area (Å²) < 4.78 is 6.03. The summed E-state index contributed by atoms with van der Waals surface area (Å²) in [6.07, 6.45) is 3.56. The summed E-state index contributed by atoms with van der Waals surface area (Å²) in [5, 5.41) is 0. The number of hydrogen-bond acceptors (Lipinski definition) is 2. The van der Waals surface area contributed by atoms with Crippen LogP contribution < -0.4 is 4.74 Å². The Bertz CT molecular complexity index is 192. The number of pyridine rings is 1. The molecule has 0 unspecified atom stereocenters. The van der Waals surface area contributed by atoms with Crippen LogP contribution in [0.5, 0.6) is 5.75 Å². The number of nitrogens with zero attached hydrogens (tertiary/aromatic N) is 1. The molecule has 1 aromatic heterocycles. The van der Waals surface area contributed by atoms with Crippen molar-refractivity contribution < 1.29 is 4.74 Å². The summed E-state index contributed by atoms with van der Waals surface area (Å²) >= 11 is 2.28. The highest BCUT2D eigenvalue weighted by atomic mass is 127. The van der Waals surface area contributed by atoms with Gasteiger partial charge in [-0.1, -0.05) is 22.6 Å². The summed E-state index contributed by atoms with van der Waals surface area (Å²) in [6.45, 7) is 0. The third-order valence-electron chi connectivity index (χ3n) is 1.22. The minimum atomic E-state index is 0.921. The van der Waals surface area contributed by atoms with Crippen LogP contribution in [0.1, 0.15) is 5.56 Å². The van der Waals surface area contributed by atoms with Crippen LogP contribution in [0.4, 0.5) is 0 Å². The fourth-order valence-electron chi connectivity index (χ4n) is 0.714. The van der Waals surface area contributed by atoms with E-state index in [0.29, 0.717) is 0 Å². The van der Waals surface area contributed by atoms with Crippen LogP contribution in [0, 0.1) is 0 Å². The van der Waals surface area contributed by atoms with E-state index in [2.05, 4.69) is 27.6 Å². The third-order valence-corrected chi connectivity index (χ3v) is 2.04. The van der Waals surface area contributed by atoms with Gasteiger partial charge in [0.25, 0.3) is 0 Å². The predicted molar refractivity (Wildman–Crippen MR) is 48.5 cm³/mol. The molecule has 1 heterocycles. The van der Waals surface area contributed by atoms with Crippen molar-refractivity contribution in [1.29, 1.82) is 0 Å². The van der Waals surface area contributed by atoms with Crippen molar-refractivity contribution in [3.63, 3.8) is 0 Å². The minimum Gasteiger partial charge on any atom is -0.496 e. The first-order valence-electron chi connectivity index (χ1n) is 2.91. The van der Waals surface area contributed by atoms with Gasteiger partial charge in [-0.2, -0.15) is 0 Å². The second-order valence-corrected chi connectivity index (χ2v) is 2.58. The molecule has 10 heavy (non-hydrogen) atoms. The molecule has 0 saturated carbocycles. The topological polar surface area (TPSA) is 22.1 Å². The van der Waals surface area contributed by atoms with Crippen LogP contribution in [-0.2, 0) is 4.43 Å². The maximum absolute atomic E-state index is 5.09. The van der Waals surface area contributed by atoms with Gasteiger partial charge in [0, 0.05) is 22.4 Å². The molecule has 0 saturated heterocycles. The van der Waals surface area contributed by atoms with Crippen molar-refractivity contribution in [3.8, 4) is 5.75 Å². The van der Waals surface area contributed by atoms with Crippen LogP contribution in [0.3, 0.4) is 0 Å². The van der Waals surface area contributed by atoms with Gasteiger partial charge in [0.15, 0.2) is 0 Å². The number of rotatable bonds is 2. The van der Waals surface area contributed by atoms with Gasteiger partial charge in [0.2, 0.25) is 0 Å². The van der Waals surface area contributed by atoms with Gasteiger partial charge < -0.3 is 4.74 Å². The molecule has 3 heteroatoms. The van der Waals surface area contributed by atoms with Crippen LogP contribution >= 0.6 is 22.6 Å². The first-order valence-corrected chi connectivity index (χ1v) is 4.44. The van der Waals surface area contributed by atoms with Crippen LogP contribution in [0.25, 0.3) is 0 Å². The summed E-state index contributed by atoms with van der Waals surface area (Å²) in [7, 11) is 1.67. The zero-order valence-electron chi connectivity index (χ0n) is 5.67. The zero-order valence-corrected chi connectivity index (χ0v) is 7.83. The average Bonchev–Trinajstić information content (AvgIpc) is 2.04. The summed E-state index contributed by atoms with van der Waals surface area (Å²) in [6, 6.07) is 1.87. The van der Waals surface area contributed by atoms with Crippen molar-refractivity contribution in [3.05, 3.63) is 24.0 Å². The van der Waals surface area contributed by atoms with Crippen molar-refractivity contribution >= 4 is 22.6 Å². The predicted octanol–water partition coefficient (Wildman–Crippen LogP) is 2.03. The van der Waals surface area contributed by atoms with E-state index in [1.807, 2.05) is 12.3 Å². The first-order chi connectivity index (χ1) is 4.88. The molecule has 0 aliphatic carbocycles. The number of ether oxygens (including phenoxy) is 1. The van der Waals surface area contributed by atoms with Crippen molar-refractivity contribution in [1.82, 2.24) is 4.98 Å². The lowest BCUT2D eigenvalue weighted by Crippen LogP contribution is -1.88. The Kier molecular flexibility index (Phi) is 2.92. The molecule has 1 rings (SSSR count). The van der Waals surface area contributed by atoms with Gasteiger partial charge in [-0.15, -0.1) is 0 Å². The Balaban J connectivity index is 2.96. The molecular weight excluding hydrogens is 241 g/mol. The SMILES string of the molecule is COc1ccncc1CI. The summed E-state index contributed by atoms with van der Waals surface area (Å²) in [5.41, 5.74) is 1.14. The number of halogens is 1. The molecule has 0 aromatic carbocycles. The minimum absolute atomic E-state index is 0.921. The highest BCUT2D eigenvalue weighted by Crippen LogP contribution is 2.18. The van der Waals surface area contributed by atoms with E-state index in [1.165, 1.54) is 0 Å². The number of methoxy groups -OCH3 is 1. The van der Waals surface area contributed by atoms with Crippen molar-refractivity contribution in [2.75, 3.05) is 7.11 Å². The Morgan fingerprint density at radius 2 is 2.50 bits per heavy atom. The number of alkyl halides is 1. The van der Waals surface area contributed by atoms with Crippen molar-refractivity contribution in [2.24, 2.45) is 0 Å². The second-order valence-electron chi connectivity index (χ2n) is 1.82. The summed E-state index contributed by atoms with van der Waals surface area (Å²) in [4.78, 5) is 3.98. The molecule has 0 atom stereocenters. The fraction of sp³-hybridized carbons (Fsp3) is 0.286. The Morgan fingerprint density at radius 1 is 1.70 bits per heavy atom. The molecule has 1 aromatic rings. The largest absolute Gasteiger partial charge is 0.496 e. The number of aromatic nitrogens is 1. The van der Waals surface area contributed by atoms with E-state index in [4.69, 9.17) is 4.74 Å². The highest BCUT2D eigenvalue weighted by molar-refractivity contribution is 14.1. The van der Waals surface area contributed by atoms with Gasteiger partial charge in [-0.25, -0.2) is 0 Å². The fourth-order valence-corrected chi connectivity index (χ4v) is 1.29. The lowest BCUT2D eigenvalue weighted by Gasteiger charge is -2.02. The maximum Gasteiger partial charge on any atom is 0.125 e. The molecule has 0 fully saturated rings. The monoisotopic (exact) mass is 249 g/mol. The first kappa shape index (κ1) is 7.78. The van der Waals surface area contributed by atoms with E-state index in [9.17, 15) is 0 Å². The van der Waals surface area contributed by atoms with Crippen LogP contribution in [-0.4, -0.2) is 12.1 Å². The molecular formula is C7H8INO. The van der Waals surface area contributed by atoms with E-state index < -0.39 is 0 Å². The molecule has 0 amide bonds. The van der Waals surface area contributed by atoms with E-state index >= 15 is 0 Å². The summed E-state index contributed by atoms with van der Waals surface area (Å²) in [5.74, 6) is 0.921. The molecule has 2 nitrogen and oxygen atoms in total. The van der Waals surface area contributed by atoms with Crippen LogP contribution in [0.2, 0.25) is 0 Å². The van der Waals surface area contributed by atoms with Crippen molar-refractivity contribution in [2.45, 2.75) is 4.43 Å². The zero-order chi connectivity index (χ0) is 7.40.